The third-order valence-electron chi connectivity index (χ3n) is 4.55. The van der Waals surface area contributed by atoms with E-state index in [0.29, 0.717) is 6.04 Å². The molecule has 1 fully saturated rings. The minimum atomic E-state index is -0.263. The van der Waals surface area contributed by atoms with Crippen molar-refractivity contribution in [3.8, 4) is 0 Å². The van der Waals surface area contributed by atoms with E-state index in [2.05, 4.69) is 24.4 Å². The van der Waals surface area contributed by atoms with Crippen molar-refractivity contribution in [2.75, 3.05) is 7.11 Å². The average Bonchev–Trinajstić information content (AvgIpc) is 2.80. The van der Waals surface area contributed by atoms with Gasteiger partial charge in [0, 0.05) is 12.0 Å². The minimum Gasteiger partial charge on any atom is -0.468 e. The molecule has 3 nitrogen and oxygen atoms in total. The van der Waals surface area contributed by atoms with E-state index >= 15 is 0 Å². The molecule has 3 heteroatoms. The Morgan fingerprint density at radius 2 is 1.76 bits per heavy atom. The molecular formula is C18H27NO2. The van der Waals surface area contributed by atoms with Crippen molar-refractivity contribution in [1.29, 1.82) is 0 Å². The van der Waals surface area contributed by atoms with Crippen LogP contribution in [0.4, 0.5) is 0 Å². The first-order valence-electron chi connectivity index (χ1n) is 8.11. The van der Waals surface area contributed by atoms with Crippen LogP contribution in [0.3, 0.4) is 0 Å². The van der Waals surface area contributed by atoms with Gasteiger partial charge in [-0.2, -0.15) is 0 Å². The number of carbonyl (C=O) groups excluding carboxylic acids is 1. The number of ether oxygens (including phenoxy) is 1. The van der Waals surface area contributed by atoms with Crippen LogP contribution in [0.25, 0.3) is 0 Å². The third-order valence-corrected chi connectivity index (χ3v) is 4.55. The molecule has 1 aromatic rings. The molecule has 2 unspecified atom stereocenters. The van der Waals surface area contributed by atoms with E-state index in [-0.39, 0.29) is 17.9 Å². The summed E-state index contributed by atoms with van der Waals surface area (Å²) in [6, 6.07) is 10.4. The summed E-state index contributed by atoms with van der Waals surface area (Å²) < 4.78 is 5.03. The van der Waals surface area contributed by atoms with E-state index < -0.39 is 0 Å². The number of carbonyl (C=O) groups is 1. The minimum absolute atomic E-state index is 0.113. The Hall–Kier alpha value is -1.35. The second-order valence-electron chi connectivity index (χ2n) is 6.06. The molecule has 1 N–H and O–H groups in total. The van der Waals surface area contributed by atoms with Crippen molar-refractivity contribution in [2.45, 2.75) is 63.5 Å². The maximum Gasteiger partial charge on any atom is 0.323 e. The molecule has 0 amide bonds. The number of benzene rings is 1. The highest BCUT2D eigenvalue weighted by Crippen LogP contribution is 2.23. The van der Waals surface area contributed by atoms with Gasteiger partial charge >= 0.3 is 5.97 Å². The smallest absolute Gasteiger partial charge is 0.323 e. The molecule has 21 heavy (non-hydrogen) atoms. The van der Waals surface area contributed by atoms with Gasteiger partial charge in [-0.25, -0.2) is 0 Å². The Bertz CT molecular complexity index is 424. The number of methoxy groups -OCH3 is 1. The van der Waals surface area contributed by atoms with Crippen molar-refractivity contribution in [2.24, 2.45) is 0 Å². The molecule has 1 aliphatic carbocycles. The van der Waals surface area contributed by atoms with Crippen molar-refractivity contribution < 1.29 is 9.53 Å². The fourth-order valence-electron chi connectivity index (χ4n) is 3.19. The molecule has 0 spiro atoms. The predicted molar refractivity (Wildman–Crippen MR) is 85.3 cm³/mol. The standard InChI is InChI=1S/C18H27NO2/c1-14(15-10-6-5-7-11-15)17(18(20)21-2)19-16-12-8-3-4-9-13-16/h5-7,10-11,14,16-17,19H,3-4,8-9,12-13H2,1-2H3. The summed E-state index contributed by atoms with van der Waals surface area (Å²) in [4.78, 5) is 12.2. The van der Waals surface area contributed by atoms with Gasteiger partial charge in [-0.1, -0.05) is 62.9 Å². The van der Waals surface area contributed by atoms with Crippen LogP contribution in [-0.4, -0.2) is 25.2 Å². The lowest BCUT2D eigenvalue weighted by atomic mass is 9.92. The van der Waals surface area contributed by atoms with Crippen LogP contribution in [0, 0.1) is 0 Å². The Balaban J connectivity index is 2.08. The van der Waals surface area contributed by atoms with E-state index in [0.717, 1.165) is 12.8 Å². The van der Waals surface area contributed by atoms with Gasteiger partial charge in [0.25, 0.3) is 0 Å². The highest BCUT2D eigenvalue weighted by molar-refractivity contribution is 5.77. The molecule has 0 radical (unpaired) electrons. The number of hydrogen-bond donors (Lipinski definition) is 1. The zero-order valence-corrected chi connectivity index (χ0v) is 13.2. The molecular weight excluding hydrogens is 262 g/mol. The zero-order valence-electron chi connectivity index (χ0n) is 13.2. The lowest BCUT2D eigenvalue weighted by Gasteiger charge is -2.28. The molecule has 1 aliphatic rings. The normalized spacial score (nSPS) is 19.5. The highest BCUT2D eigenvalue weighted by atomic mass is 16.5. The van der Waals surface area contributed by atoms with Crippen molar-refractivity contribution >= 4 is 5.97 Å². The second-order valence-corrected chi connectivity index (χ2v) is 6.06. The molecule has 0 aromatic heterocycles. The predicted octanol–water partition coefficient (Wildman–Crippen LogP) is 3.64. The number of hydrogen-bond acceptors (Lipinski definition) is 3. The van der Waals surface area contributed by atoms with Crippen LogP contribution < -0.4 is 5.32 Å². The molecule has 0 aliphatic heterocycles. The zero-order chi connectivity index (χ0) is 15.1. The second kappa shape index (κ2) is 8.18. The maximum atomic E-state index is 12.2. The first-order valence-corrected chi connectivity index (χ1v) is 8.11. The molecule has 2 atom stereocenters. The van der Waals surface area contributed by atoms with Gasteiger partial charge in [0.15, 0.2) is 0 Å². The topological polar surface area (TPSA) is 38.3 Å². The van der Waals surface area contributed by atoms with Crippen LogP contribution >= 0.6 is 0 Å². The fraction of sp³-hybridized carbons (Fsp3) is 0.611. The fourth-order valence-corrected chi connectivity index (χ4v) is 3.19. The number of rotatable bonds is 5. The summed E-state index contributed by atoms with van der Waals surface area (Å²) in [5.41, 5.74) is 1.18. The molecule has 0 bridgehead atoms. The van der Waals surface area contributed by atoms with Crippen molar-refractivity contribution in [1.82, 2.24) is 5.32 Å². The summed E-state index contributed by atoms with van der Waals surface area (Å²) in [6.45, 7) is 2.10. The summed E-state index contributed by atoms with van der Waals surface area (Å²) in [6.07, 6.45) is 7.46. The molecule has 1 saturated carbocycles. The molecule has 116 valence electrons. The Labute approximate surface area is 128 Å². The number of esters is 1. The first kappa shape index (κ1) is 16.0. The maximum absolute atomic E-state index is 12.2. The van der Waals surface area contributed by atoms with Crippen molar-refractivity contribution in [3.05, 3.63) is 35.9 Å². The van der Waals surface area contributed by atoms with E-state index in [1.54, 1.807) is 0 Å². The molecule has 2 rings (SSSR count). The van der Waals surface area contributed by atoms with E-state index in [1.165, 1.54) is 38.4 Å². The lowest BCUT2D eigenvalue weighted by molar-refractivity contribution is -0.144. The van der Waals surface area contributed by atoms with E-state index in [1.807, 2.05) is 18.2 Å². The summed E-state index contributed by atoms with van der Waals surface area (Å²) in [5.74, 6) is -0.0440. The van der Waals surface area contributed by atoms with Gasteiger partial charge in [-0.3, -0.25) is 4.79 Å². The van der Waals surface area contributed by atoms with Gasteiger partial charge in [0.1, 0.15) is 6.04 Å². The highest BCUT2D eigenvalue weighted by Gasteiger charge is 2.29. The van der Waals surface area contributed by atoms with Crippen LogP contribution in [0.1, 0.15) is 56.9 Å². The molecule has 1 aromatic carbocycles. The summed E-state index contributed by atoms with van der Waals surface area (Å²) in [5, 5.41) is 3.57. The Morgan fingerprint density at radius 1 is 1.14 bits per heavy atom. The van der Waals surface area contributed by atoms with Gasteiger partial charge in [0.2, 0.25) is 0 Å². The average molecular weight is 289 g/mol. The molecule has 0 saturated heterocycles. The van der Waals surface area contributed by atoms with Crippen LogP contribution in [-0.2, 0) is 9.53 Å². The molecule has 0 heterocycles. The summed E-state index contributed by atoms with van der Waals surface area (Å²) in [7, 11) is 1.47. The quantitative estimate of drug-likeness (QED) is 0.664. The van der Waals surface area contributed by atoms with E-state index in [9.17, 15) is 4.79 Å². The van der Waals surface area contributed by atoms with Gasteiger partial charge < -0.3 is 10.1 Å². The van der Waals surface area contributed by atoms with Crippen LogP contribution in [0.15, 0.2) is 30.3 Å². The summed E-state index contributed by atoms with van der Waals surface area (Å²) >= 11 is 0. The SMILES string of the molecule is COC(=O)C(NC1CCCCCC1)C(C)c1ccccc1. The number of nitrogens with one attached hydrogen (secondary N) is 1. The first-order chi connectivity index (χ1) is 10.2. The largest absolute Gasteiger partial charge is 0.468 e. The van der Waals surface area contributed by atoms with Crippen LogP contribution in [0.2, 0.25) is 0 Å². The van der Waals surface area contributed by atoms with Gasteiger partial charge in [-0.15, -0.1) is 0 Å². The van der Waals surface area contributed by atoms with Crippen LogP contribution in [0.5, 0.6) is 0 Å². The van der Waals surface area contributed by atoms with Gasteiger partial charge in [-0.05, 0) is 18.4 Å². The Morgan fingerprint density at radius 3 is 2.33 bits per heavy atom. The lowest BCUT2D eigenvalue weighted by Crippen LogP contribution is -2.46. The monoisotopic (exact) mass is 289 g/mol. The Kier molecular flexibility index (Phi) is 6.24. The van der Waals surface area contributed by atoms with E-state index in [4.69, 9.17) is 4.74 Å². The van der Waals surface area contributed by atoms with Crippen molar-refractivity contribution in [3.63, 3.8) is 0 Å². The third kappa shape index (κ3) is 4.57. The van der Waals surface area contributed by atoms with Gasteiger partial charge in [0.05, 0.1) is 7.11 Å².